The van der Waals surface area contributed by atoms with Crippen LogP contribution in [0, 0.1) is 0 Å². The van der Waals surface area contributed by atoms with Crippen LogP contribution in [-0.4, -0.2) is 50.2 Å². The number of carbonyl (C=O) groups is 1. The Labute approximate surface area is 159 Å². The van der Waals surface area contributed by atoms with E-state index in [2.05, 4.69) is 57.8 Å². The Kier molecular flexibility index (Phi) is 6.86. The van der Waals surface area contributed by atoms with E-state index in [1.54, 1.807) is 0 Å². The van der Waals surface area contributed by atoms with E-state index >= 15 is 0 Å². The Morgan fingerprint density at radius 2 is 1.54 bits per heavy atom. The molecule has 0 bridgehead atoms. The van der Waals surface area contributed by atoms with Crippen molar-refractivity contribution in [2.75, 3.05) is 39.4 Å². The van der Waals surface area contributed by atoms with E-state index in [0.29, 0.717) is 6.54 Å². The summed E-state index contributed by atoms with van der Waals surface area (Å²) < 4.78 is 5.37. The van der Waals surface area contributed by atoms with Gasteiger partial charge in [0.1, 0.15) is 0 Å². The van der Waals surface area contributed by atoms with Crippen molar-refractivity contribution in [3.8, 4) is 0 Å². The van der Waals surface area contributed by atoms with Crippen LogP contribution in [0.5, 0.6) is 0 Å². The number of benzene rings is 1. The topological polar surface area (TPSA) is 41.6 Å². The number of hydrogen-bond donors (Lipinski definition) is 1. The third-order valence-electron chi connectivity index (χ3n) is 4.97. The number of rotatable bonds is 5. The monoisotopic (exact) mass is 360 g/mol. The van der Waals surface area contributed by atoms with Gasteiger partial charge in [-0.1, -0.05) is 47.6 Å². The fraction of sp³-hybridized carbons (Fsp3) is 0.682. The lowest BCUT2D eigenvalue weighted by Gasteiger charge is -2.27. The number of amides is 1. The number of hydrogen-bond acceptors (Lipinski definition) is 3. The largest absolute Gasteiger partial charge is 0.379 e. The second kappa shape index (κ2) is 8.53. The Balaban J connectivity index is 2.00. The summed E-state index contributed by atoms with van der Waals surface area (Å²) in [4.78, 5) is 15.1. The molecule has 146 valence electrons. The van der Waals surface area contributed by atoms with Crippen LogP contribution in [-0.2, 0) is 15.6 Å². The Hall–Kier alpha value is -1.39. The van der Waals surface area contributed by atoms with Gasteiger partial charge in [-0.25, -0.2) is 0 Å². The molecule has 0 saturated carbocycles. The molecule has 0 unspecified atom stereocenters. The third-order valence-corrected chi connectivity index (χ3v) is 4.97. The van der Waals surface area contributed by atoms with Crippen LogP contribution in [0.25, 0.3) is 0 Å². The summed E-state index contributed by atoms with van der Waals surface area (Å²) in [6.45, 7) is 18.5. The van der Waals surface area contributed by atoms with Gasteiger partial charge >= 0.3 is 0 Å². The molecule has 1 amide bonds. The van der Waals surface area contributed by atoms with Gasteiger partial charge in [0, 0.05) is 25.2 Å². The van der Waals surface area contributed by atoms with Gasteiger partial charge < -0.3 is 10.1 Å². The van der Waals surface area contributed by atoms with Crippen LogP contribution in [0.1, 0.15) is 69.4 Å². The summed E-state index contributed by atoms with van der Waals surface area (Å²) in [6.07, 6.45) is 0.969. The average molecular weight is 361 g/mol. The van der Waals surface area contributed by atoms with E-state index in [4.69, 9.17) is 4.74 Å². The molecule has 4 nitrogen and oxygen atoms in total. The van der Waals surface area contributed by atoms with E-state index in [9.17, 15) is 4.79 Å². The molecular weight excluding hydrogens is 324 g/mol. The standard InChI is InChI=1S/C22H36N2O2/c1-21(2,3)18-14-17(15-19(16-18)22(4,5)6)20(25)23-8-7-9-24-10-12-26-13-11-24/h14-16H,7-13H2,1-6H3,(H,23,25). The first-order valence-electron chi connectivity index (χ1n) is 9.82. The number of morpholine rings is 1. The lowest BCUT2D eigenvalue weighted by Crippen LogP contribution is -2.38. The van der Waals surface area contributed by atoms with Crippen molar-refractivity contribution in [2.45, 2.75) is 58.8 Å². The van der Waals surface area contributed by atoms with E-state index in [1.807, 2.05) is 12.1 Å². The highest BCUT2D eigenvalue weighted by Gasteiger charge is 2.22. The molecule has 0 aromatic heterocycles. The summed E-state index contributed by atoms with van der Waals surface area (Å²) in [7, 11) is 0. The van der Waals surface area contributed by atoms with Gasteiger partial charge in [0.25, 0.3) is 5.91 Å². The number of carbonyl (C=O) groups excluding carboxylic acids is 1. The predicted octanol–water partition coefficient (Wildman–Crippen LogP) is 3.73. The molecule has 4 heteroatoms. The minimum atomic E-state index is 0.0205. The molecule has 1 fully saturated rings. The van der Waals surface area contributed by atoms with Gasteiger partial charge in [0.15, 0.2) is 0 Å². The van der Waals surface area contributed by atoms with Crippen LogP contribution in [0.15, 0.2) is 18.2 Å². The smallest absolute Gasteiger partial charge is 0.251 e. The highest BCUT2D eigenvalue weighted by molar-refractivity contribution is 5.94. The lowest BCUT2D eigenvalue weighted by atomic mass is 9.79. The van der Waals surface area contributed by atoms with Crippen molar-refractivity contribution in [1.29, 1.82) is 0 Å². The molecule has 1 aromatic rings. The van der Waals surface area contributed by atoms with Crippen molar-refractivity contribution >= 4 is 5.91 Å². The first-order chi connectivity index (χ1) is 12.1. The van der Waals surface area contributed by atoms with Gasteiger partial charge in [-0.15, -0.1) is 0 Å². The summed E-state index contributed by atoms with van der Waals surface area (Å²) in [6, 6.07) is 6.34. The first-order valence-corrected chi connectivity index (χ1v) is 9.82. The van der Waals surface area contributed by atoms with Crippen molar-refractivity contribution < 1.29 is 9.53 Å². The van der Waals surface area contributed by atoms with Crippen molar-refractivity contribution in [3.05, 3.63) is 34.9 Å². The third kappa shape index (κ3) is 6.10. The lowest BCUT2D eigenvalue weighted by molar-refractivity contribution is 0.0374. The molecule has 26 heavy (non-hydrogen) atoms. The number of ether oxygens (including phenoxy) is 1. The Bertz CT molecular complexity index is 573. The predicted molar refractivity (Wildman–Crippen MR) is 108 cm³/mol. The maximum Gasteiger partial charge on any atom is 0.251 e. The summed E-state index contributed by atoms with van der Waals surface area (Å²) >= 11 is 0. The Morgan fingerprint density at radius 3 is 2.04 bits per heavy atom. The highest BCUT2D eigenvalue weighted by atomic mass is 16.5. The number of nitrogens with zero attached hydrogens (tertiary/aromatic N) is 1. The molecule has 0 aliphatic carbocycles. The number of nitrogens with one attached hydrogen (secondary N) is 1. The van der Waals surface area contributed by atoms with E-state index < -0.39 is 0 Å². The maximum atomic E-state index is 12.7. The highest BCUT2D eigenvalue weighted by Crippen LogP contribution is 2.30. The molecule has 0 atom stereocenters. The molecule has 1 aromatic carbocycles. The normalized spacial score (nSPS) is 16.5. The van der Waals surface area contributed by atoms with Gasteiger partial charge in [-0.2, -0.15) is 0 Å². The molecule has 1 saturated heterocycles. The van der Waals surface area contributed by atoms with E-state index in [0.717, 1.165) is 44.8 Å². The van der Waals surface area contributed by atoms with E-state index in [1.165, 1.54) is 11.1 Å². The van der Waals surface area contributed by atoms with Crippen molar-refractivity contribution in [1.82, 2.24) is 10.2 Å². The molecular formula is C22H36N2O2. The molecule has 1 aliphatic heterocycles. The second-order valence-corrected chi connectivity index (χ2v) is 9.36. The molecule has 1 aliphatic rings. The van der Waals surface area contributed by atoms with Crippen molar-refractivity contribution in [2.24, 2.45) is 0 Å². The fourth-order valence-electron chi connectivity index (χ4n) is 3.06. The van der Waals surface area contributed by atoms with Crippen LogP contribution in [0.4, 0.5) is 0 Å². The zero-order valence-corrected chi connectivity index (χ0v) is 17.4. The van der Waals surface area contributed by atoms with Crippen LogP contribution in [0.2, 0.25) is 0 Å². The molecule has 2 rings (SSSR count). The minimum Gasteiger partial charge on any atom is -0.379 e. The average Bonchev–Trinajstić information content (AvgIpc) is 2.57. The molecule has 1 heterocycles. The summed E-state index contributed by atoms with van der Waals surface area (Å²) in [5, 5.41) is 3.10. The quantitative estimate of drug-likeness (QED) is 0.814. The molecule has 1 N–H and O–H groups in total. The van der Waals surface area contributed by atoms with Gasteiger partial charge in [0.2, 0.25) is 0 Å². The van der Waals surface area contributed by atoms with Crippen molar-refractivity contribution in [3.63, 3.8) is 0 Å². The Morgan fingerprint density at radius 1 is 1.00 bits per heavy atom. The SMILES string of the molecule is CC(C)(C)c1cc(C(=O)NCCCN2CCOCC2)cc(C(C)(C)C)c1. The van der Waals surface area contributed by atoms with Gasteiger partial charge in [-0.3, -0.25) is 9.69 Å². The second-order valence-electron chi connectivity index (χ2n) is 9.36. The zero-order chi connectivity index (χ0) is 19.4. The van der Waals surface area contributed by atoms with Crippen LogP contribution >= 0.6 is 0 Å². The van der Waals surface area contributed by atoms with Crippen LogP contribution in [0.3, 0.4) is 0 Å². The minimum absolute atomic E-state index is 0.0205. The van der Waals surface area contributed by atoms with Gasteiger partial charge in [0.05, 0.1) is 13.2 Å². The molecule has 0 spiro atoms. The van der Waals surface area contributed by atoms with Crippen LogP contribution < -0.4 is 5.32 Å². The fourth-order valence-corrected chi connectivity index (χ4v) is 3.06. The molecule has 0 radical (unpaired) electrons. The summed E-state index contributed by atoms with van der Waals surface area (Å²) in [5.41, 5.74) is 3.24. The van der Waals surface area contributed by atoms with E-state index in [-0.39, 0.29) is 16.7 Å². The zero-order valence-electron chi connectivity index (χ0n) is 17.4. The first kappa shape index (κ1) is 20.9. The van der Waals surface area contributed by atoms with Gasteiger partial charge in [-0.05, 0) is 47.1 Å². The maximum absolute atomic E-state index is 12.7. The summed E-state index contributed by atoms with van der Waals surface area (Å²) in [5.74, 6) is 0.0311.